The maximum atomic E-state index is 12.8. The van der Waals surface area contributed by atoms with Crippen LogP contribution in [0, 0.1) is 0 Å². The molecule has 6 nitrogen and oxygen atoms in total. The van der Waals surface area contributed by atoms with Gasteiger partial charge in [-0.3, -0.25) is 9.59 Å². The van der Waals surface area contributed by atoms with Gasteiger partial charge >= 0.3 is 0 Å². The molecule has 1 aromatic carbocycles. The van der Waals surface area contributed by atoms with Crippen molar-refractivity contribution in [3.8, 4) is 5.75 Å². The summed E-state index contributed by atoms with van der Waals surface area (Å²) in [6, 6.07) is 6.79. The number of aromatic nitrogens is 2. The number of imide groups is 1. The summed E-state index contributed by atoms with van der Waals surface area (Å²) in [6.07, 6.45) is 2.89. The molecule has 0 bridgehead atoms. The van der Waals surface area contributed by atoms with E-state index in [1.165, 1.54) is 17.3 Å². The largest absolute Gasteiger partial charge is 0.497 e. The third kappa shape index (κ3) is 1.95. The SMILES string of the molecule is COc1ccc(N2C(=O)c3cnncc3C(C)(C)C2=O)cc1. The summed E-state index contributed by atoms with van der Waals surface area (Å²) in [7, 11) is 1.56. The van der Waals surface area contributed by atoms with Gasteiger partial charge in [0.2, 0.25) is 5.91 Å². The Kier molecular flexibility index (Phi) is 3.16. The van der Waals surface area contributed by atoms with Crippen LogP contribution in [0.1, 0.15) is 29.8 Å². The van der Waals surface area contributed by atoms with Crippen LogP contribution in [0.25, 0.3) is 0 Å². The fourth-order valence-corrected chi connectivity index (χ4v) is 2.56. The summed E-state index contributed by atoms with van der Waals surface area (Å²) in [5.41, 5.74) is 0.656. The molecule has 0 aliphatic carbocycles. The van der Waals surface area contributed by atoms with Crippen molar-refractivity contribution in [2.75, 3.05) is 12.0 Å². The molecular weight excluding hydrogens is 282 g/mol. The van der Waals surface area contributed by atoms with Gasteiger partial charge in [0.1, 0.15) is 5.75 Å². The summed E-state index contributed by atoms with van der Waals surface area (Å²) in [6.45, 7) is 3.55. The number of fused-ring (bicyclic) bond motifs is 1. The van der Waals surface area contributed by atoms with Crippen LogP contribution in [-0.2, 0) is 10.2 Å². The maximum absolute atomic E-state index is 12.8. The minimum Gasteiger partial charge on any atom is -0.497 e. The molecule has 0 unspecified atom stereocenters. The summed E-state index contributed by atoms with van der Waals surface area (Å²) < 4.78 is 5.10. The molecule has 2 heterocycles. The number of carbonyl (C=O) groups excluding carboxylic acids is 2. The number of anilines is 1. The van der Waals surface area contributed by atoms with E-state index in [1.807, 2.05) is 0 Å². The predicted molar refractivity (Wildman–Crippen MR) is 79.9 cm³/mol. The van der Waals surface area contributed by atoms with Gasteiger partial charge in [0.05, 0.1) is 36.2 Å². The average Bonchev–Trinajstić information content (AvgIpc) is 2.54. The van der Waals surface area contributed by atoms with Crippen molar-refractivity contribution in [2.24, 2.45) is 0 Å². The number of benzene rings is 1. The van der Waals surface area contributed by atoms with Gasteiger partial charge in [0.15, 0.2) is 0 Å². The lowest BCUT2D eigenvalue weighted by atomic mass is 9.78. The Morgan fingerprint density at radius 3 is 2.32 bits per heavy atom. The second-order valence-corrected chi connectivity index (χ2v) is 5.59. The highest BCUT2D eigenvalue weighted by molar-refractivity contribution is 6.27. The van der Waals surface area contributed by atoms with E-state index in [1.54, 1.807) is 45.2 Å². The molecule has 2 amide bonds. The van der Waals surface area contributed by atoms with Gasteiger partial charge in [-0.2, -0.15) is 10.2 Å². The van der Waals surface area contributed by atoms with Crippen molar-refractivity contribution >= 4 is 17.5 Å². The zero-order valence-corrected chi connectivity index (χ0v) is 12.5. The third-order valence-corrected chi connectivity index (χ3v) is 3.91. The van der Waals surface area contributed by atoms with Gasteiger partial charge in [-0.05, 0) is 38.1 Å². The van der Waals surface area contributed by atoms with Crippen molar-refractivity contribution in [1.82, 2.24) is 10.2 Å². The van der Waals surface area contributed by atoms with Crippen LogP contribution >= 0.6 is 0 Å². The second kappa shape index (κ2) is 4.91. The Bertz CT molecular complexity index is 753. The number of methoxy groups -OCH3 is 1. The molecule has 6 heteroatoms. The fraction of sp³-hybridized carbons (Fsp3) is 0.250. The zero-order valence-electron chi connectivity index (χ0n) is 12.5. The Hall–Kier alpha value is -2.76. The van der Waals surface area contributed by atoms with E-state index in [2.05, 4.69) is 10.2 Å². The normalized spacial score (nSPS) is 16.4. The first-order valence-electron chi connectivity index (χ1n) is 6.81. The summed E-state index contributed by atoms with van der Waals surface area (Å²) in [5, 5.41) is 7.56. The predicted octanol–water partition coefficient (Wildman–Crippen LogP) is 1.95. The lowest BCUT2D eigenvalue weighted by Crippen LogP contribution is -2.52. The number of hydrogen-bond acceptors (Lipinski definition) is 5. The topological polar surface area (TPSA) is 72.4 Å². The van der Waals surface area contributed by atoms with Crippen LogP contribution in [-0.4, -0.2) is 29.1 Å². The fourth-order valence-electron chi connectivity index (χ4n) is 2.56. The Morgan fingerprint density at radius 2 is 1.68 bits per heavy atom. The molecule has 0 saturated heterocycles. The summed E-state index contributed by atoms with van der Waals surface area (Å²) in [4.78, 5) is 26.7. The van der Waals surface area contributed by atoms with E-state index in [9.17, 15) is 9.59 Å². The van der Waals surface area contributed by atoms with Crippen LogP contribution < -0.4 is 9.64 Å². The molecular formula is C16H15N3O3. The van der Waals surface area contributed by atoms with Crippen LogP contribution in [0.3, 0.4) is 0 Å². The zero-order chi connectivity index (χ0) is 15.9. The van der Waals surface area contributed by atoms with E-state index in [0.29, 0.717) is 22.6 Å². The number of nitrogens with zero attached hydrogens (tertiary/aromatic N) is 3. The maximum Gasteiger partial charge on any atom is 0.267 e. The standard InChI is InChI=1S/C16H15N3O3/c1-16(2)13-9-18-17-8-12(13)14(20)19(15(16)21)10-4-6-11(22-3)7-5-10/h4-9H,1-3H3. The minimum absolute atomic E-state index is 0.289. The number of ether oxygens (including phenoxy) is 1. The number of carbonyl (C=O) groups is 2. The lowest BCUT2D eigenvalue weighted by molar-refractivity contribution is -0.122. The highest BCUT2D eigenvalue weighted by Gasteiger charge is 2.45. The van der Waals surface area contributed by atoms with Crippen LogP contribution in [0.15, 0.2) is 36.7 Å². The molecule has 0 fully saturated rings. The molecule has 0 saturated carbocycles. The molecule has 112 valence electrons. The molecule has 1 aromatic heterocycles. The number of amides is 2. The Balaban J connectivity index is 2.13. The van der Waals surface area contributed by atoms with Crippen molar-refractivity contribution in [3.63, 3.8) is 0 Å². The first-order valence-corrected chi connectivity index (χ1v) is 6.81. The molecule has 0 spiro atoms. The van der Waals surface area contributed by atoms with Gasteiger partial charge < -0.3 is 4.74 Å². The van der Waals surface area contributed by atoms with Gasteiger partial charge in [-0.25, -0.2) is 4.90 Å². The molecule has 22 heavy (non-hydrogen) atoms. The molecule has 0 radical (unpaired) electrons. The van der Waals surface area contributed by atoms with E-state index in [0.717, 1.165) is 0 Å². The highest BCUT2D eigenvalue weighted by atomic mass is 16.5. The quantitative estimate of drug-likeness (QED) is 0.792. The van der Waals surface area contributed by atoms with Crippen LogP contribution in [0.5, 0.6) is 5.75 Å². The van der Waals surface area contributed by atoms with Crippen LogP contribution in [0.2, 0.25) is 0 Å². The smallest absolute Gasteiger partial charge is 0.267 e. The average molecular weight is 297 g/mol. The van der Waals surface area contributed by atoms with E-state index in [-0.39, 0.29) is 11.8 Å². The number of rotatable bonds is 2. The summed E-state index contributed by atoms with van der Waals surface area (Å²) in [5.74, 6) is -0.0197. The van der Waals surface area contributed by atoms with Gasteiger partial charge in [-0.15, -0.1) is 0 Å². The lowest BCUT2D eigenvalue weighted by Gasteiger charge is -2.36. The molecule has 0 atom stereocenters. The minimum atomic E-state index is -0.848. The van der Waals surface area contributed by atoms with Crippen molar-refractivity contribution < 1.29 is 14.3 Å². The molecule has 2 aromatic rings. The Labute approximate surface area is 127 Å². The van der Waals surface area contributed by atoms with Crippen molar-refractivity contribution in [3.05, 3.63) is 47.8 Å². The van der Waals surface area contributed by atoms with Crippen LogP contribution in [0.4, 0.5) is 5.69 Å². The third-order valence-electron chi connectivity index (χ3n) is 3.91. The monoisotopic (exact) mass is 297 g/mol. The Morgan fingerprint density at radius 1 is 1.05 bits per heavy atom. The molecule has 1 aliphatic rings. The van der Waals surface area contributed by atoms with Crippen molar-refractivity contribution in [2.45, 2.75) is 19.3 Å². The molecule has 1 aliphatic heterocycles. The van der Waals surface area contributed by atoms with Crippen molar-refractivity contribution in [1.29, 1.82) is 0 Å². The van der Waals surface area contributed by atoms with E-state index in [4.69, 9.17) is 4.74 Å². The first-order chi connectivity index (χ1) is 10.5. The van der Waals surface area contributed by atoms with E-state index < -0.39 is 5.41 Å². The van der Waals surface area contributed by atoms with Gasteiger partial charge in [0, 0.05) is 5.56 Å². The second-order valence-electron chi connectivity index (χ2n) is 5.59. The first kappa shape index (κ1) is 14.2. The highest BCUT2D eigenvalue weighted by Crippen LogP contribution is 2.36. The molecule has 0 N–H and O–H groups in total. The number of hydrogen-bond donors (Lipinski definition) is 0. The molecule has 3 rings (SSSR count). The summed E-state index contributed by atoms with van der Waals surface area (Å²) >= 11 is 0. The van der Waals surface area contributed by atoms with Gasteiger partial charge in [0.25, 0.3) is 5.91 Å². The van der Waals surface area contributed by atoms with E-state index >= 15 is 0 Å². The van der Waals surface area contributed by atoms with Gasteiger partial charge in [-0.1, -0.05) is 0 Å².